The van der Waals surface area contributed by atoms with Crippen molar-refractivity contribution in [2.24, 2.45) is 5.73 Å². The van der Waals surface area contributed by atoms with E-state index >= 15 is 0 Å². The van der Waals surface area contributed by atoms with Crippen LogP contribution in [0.4, 0.5) is 0 Å². The molecule has 22 heavy (non-hydrogen) atoms. The summed E-state index contributed by atoms with van der Waals surface area (Å²) in [6.07, 6.45) is 3.14. The van der Waals surface area contributed by atoms with Crippen molar-refractivity contribution in [3.05, 3.63) is 52.9 Å². The van der Waals surface area contributed by atoms with Crippen molar-refractivity contribution >= 4 is 17.6 Å². The van der Waals surface area contributed by atoms with Gasteiger partial charge < -0.3 is 15.2 Å². The number of halogens is 1. The predicted molar refractivity (Wildman–Crippen MR) is 79.3 cm³/mol. The lowest BCUT2D eigenvalue weighted by molar-refractivity contribution is -0.139. The Kier molecular flexibility index (Phi) is 5.02. The quantitative estimate of drug-likeness (QED) is 0.672. The van der Waals surface area contributed by atoms with Crippen LogP contribution in [0.25, 0.3) is 0 Å². The van der Waals surface area contributed by atoms with Gasteiger partial charge in [-0.25, -0.2) is 4.79 Å². The second kappa shape index (κ2) is 6.96. The monoisotopic (exact) mass is 319 g/mol. The minimum atomic E-state index is -0.686. The molecule has 7 heteroatoms. The highest BCUT2D eigenvalue weighted by molar-refractivity contribution is 6.19. The number of nitrogens with two attached hydrogens (primary N) is 1. The molecule has 6 nitrogen and oxygen atoms in total. The SMILES string of the molecule is CCOC(=O)C1=C(CCl)OC(N)=C(C#N)C1c1ccncc1. The first-order valence-corrected chi connectivity index (χ1v) is 7.11. The zero-order chi connectivity index (χ0) is 16.1. The number of esters is 1. The molecular formula is C15H14ClN3O3. The Morgan fingerprint density at radius 3 is 2.77 bits per heavy atom. The lowest BCUT2D eigenvalue weighted by atomic mass is 9.83. The highest BCUT2D eigenvalue weighted by Gasteiger charge is 2.37. The molecule has 2 N–H and O–H groups in total. The molecule has 1 aromatic heterocycles. The van der Waals surface area contributed by atoms with Crippen LogP contribution in [0.5, 0.6) is 0 Å². The molecule has 0 bridgehead atoms. The van der Waals surface area contributed by atoms with Crippen molar-refractivity contribution in [1.29, 1.82) is 5.26 Å². The molecule has 2 rings (SSSR count). The van der Waals surface area contributed by atoms with Crippen LogP contribution in [0.2, 0.25) is 0 Å². The minimum Gasteiger partial charge on any atom is -0.463 e. The molecule has 1 aliphatic heterocycles. The fourth-order valence-electron chi connectivity index (χ4n) is 2.24. The van der Waals surface area contributed by atoms with Gasteiger partial charge in [0.25, 0.3) is 0 Å². The standard InChI is InChI=1S/C15H14ClN3O3/c1-2-21-15(20)13-11(7-16)22-14(18)10(8-17)12(13)9-3-5-19-6-4-9/h3-6,12H,2,7,18H2,1H3. The summed E-state index contributed by atoms with van der Waals surface area (Å²) in [5, 5.41) is 9.39. The van der Waals surface area contributed by atoms with Crippen molar-refractivity contribution in [3.8, 4) is 6.07 Å². The molecule has 0 fully saturated rings. The molecule has 0 saturated heterocycles. The fraction of sp³-hybridized carbons (Fsp3) is 0.267. The van der Waals surface area contributed by atoms with Gasteiger partial charge in [0.05, 0.1) is 24.0 Å². The van der Waals surface area contributed by atoms with Crippen molar-refractivity contribution in [2.45, 2.75) is 12.8 Å². The molecule has 0 aromatic carbocycles. The highest BCUT2D eigenvalue weighted by Crippen LogP contribution is 2.39. The van der Waals surface area contributed by atoms with E-state index in [-0.39, 0.29) is 35.3 Å². The number of allylic oxidation sites excluding steroid dienone is 2. The molecular weight excluding hydrogens is 306 g/mol. The average molecular weight is 320 g/mol. The molecule has 114 valence electrons. The molecule has 0 radical (unpaired) electrons. The van der Waals surface area contributed by atoms with E-state index in [1.54, 1.807) is 31.5 Å². The summed E-state index contributed by atoms with van der Waals surface area (Å²) in [6, 6.07) is 5.40. The zero-order valence-corrected chi connectivity index (χ0v) is 12.6. The number of alkyl halides is 1. The van der Waals surface area contributed by atoms with Crippen molar-refractivity contribution in [1.82, 2.24) is 4.98 Å². The van der Waals surface area contributed by atoms with Crippen LogP contribution in [0.15, 0.2) is 47.3 Å². The van der Waals surface area contributed by atoms with Gasteiger partial charge in [-0.1, -0.05) is 0 Å². The van der Waals surface area contributed by atoms with Gasteiger partial charge in [0.1, 0.15) is 17.4 Å². The third-order valence-electron chi connectivity index (χ3n) is 3.15. The number of pyridine rings is 1. The minimum absolute atomic E-state index is 0.0604. The first kappa shape index (κ1) is 15.9. The molecule has 1 aromatic rings. The van der Waals surface area contributed by atoms with Crippen molar-refractivity contribution in [3.63, 3.8) is 0 Å². The third kappa shape index (κ3) is 2.90. The van der Waals surface area contributed by atoms with E-state index in [4.69, 9.17) is 26.8 Å². The number of nitrogens with zero attached hydrogens (tertiary/aromatic N) is 2. The van der Waals surface area contributed by atoms with Gasteiger partial charge in [0.15, 0.2) is 0 Å². The summed E-state index contributed by atoms with van der Waals surface area (Å²) >= 11 is 5.86. The summed E-state index contributed by atoms with van der Waals surface area (Å²) in [6.45, 7) is 1.89. The molecule has 0 aliphatic carbocycles. The normalized spacial score (nSPS) is 17.8. The summed E-state index contributed by atoms with van der Waals surface area (Å²) in [5.41, 5.74) is 6.81. The Morgan fingerprint density at radius 2 is 2.23 bits per heavy atom. The maximum absolute atomic E-state index is 12.3. The topological polar surface area (TPSA) is 98.2 Å². The van der Waals surface area contributed by atoms with Gasteiger partial charge >= 0.3 is 5.97 Å². The van der Waals surface area contributed by atoms with Gasteiger partial charge in [-0.3, -0.25) is 4.98 Å². The number of ether oxygens (including phenoxy) is 2. The Bertz CT molecular complexity index is 677. The van der Waals surface area contributed by atoms with Crippen LogP contribution in [0, 0.1) is 11.3 Å². The molecule has 1 aliphatic rings. The van der Waals surface area contributed by atoms with Gasteiger partial charge in [-0.2, -0.15) is 5.26 Å². The van der Waals surface area contributed by atoms with Gasteiger partial charge in [0, 0.05) is 12.4 Å². The number of rotatable bonds is 4. The van der Waals surface area contributed by atoms with Crippen LogP contribution in [0.3, 0.4) is 0 Å². The highest BCUT2D eigenvalue weighted by atomic mass is 35.5. The molecule has 1 unspecified atom stereocenters. The lowest BCUT2D eigenvalue weighted by Gasteiger charge is -2.27. The van der Waals surface area contributed by atoms with E-state index in [9.17, 15) is 10.1 Å². The second-order valence-corrected chi connectivity index (χ2v) is 4.66. The summed E-state index contributed by atoms with van der Waals surface area (Å²) in [5.74, 6) is -1.20. The van der Waals surface area contributed by atoms with E-state index in [0.717, 1.165) is 0 Å². The maximum Gasteiger partial charge on any atom is 0.338 e. The van der Waals surface area contributed by atoms with Crippen LogP contribution in [-0.4, -0.2) is 23.4 Å². The Labute approximate surface area is 132 Å². The van der Waals surface area contributed by atoms with Crippen LogP contribution >= 0.6 is 11.6 Å². The number of carbonyl (C=O) groups is 1. The number of hydrogen-bond donors (Lipinski definition) is 1. The van der Waals surface area contributed by atoms with Gasteiger partial charge in [0.2, 0.25) is 5.88 Å². The van der Waals surface area contributed by atoms with Crippen molar-refractivity contribution < 1.29 is 14.3 Å². The second-order valence-electron chi connectivity index (χ2n) is 4.40. The summed E-state index contributed by atoms with van der Waals surface area (Å²) < 4.78 is 10.4. The van der Waals surface area contributed by atoms with Gasteiger partial charge in [-0.05, 0) is 24.6 Å². The Morgan fingerprint density at radius 1 is 1.55 bits per heavy atom. The number of nitriles is 1. The van der Waals surface area contributed by atoms with Crippen molar-refractivity contribution in [2.75, 3.05) is 12.5 Å². The van der Waals surface area contributed by atoms with E-state index in [0.29, 0.717) is 5.56 Å². The fourth-order valence-corrected chi connectivity index (χ4v) is 2.44. The number of hydrogen-bond acceptors (Lipinski definition) is 6. The molecule has 0 spiro atoms. The summed E-state index contributed by atoms with van der Waals surface area (Å²) in [7, 11) is 0. The first-order chi connectivity index (χ1) is 10.6. The van der Waals surface area contributed by atoms with Crippen LogP contribution in [-0.2, 0) is 14.3 Å². The Balaban J connectivity index is 2.62. The summed E-state index contributed by atoms with van der Waals surface area (Å²) in [4.78, 5) is 16.2. The predicted octanol–water partition coefficient (Wildman–Crippen LogP) is 1.95. The largest absolute Gasteiger partial charge is 0.463 e. The van der Waals surface area contributed by atoms with E-state index in [1.165, 1.54) is 0 Å². The maximum atomic E-state index is 12.3. The molecule has 1 atom stereocenters. The van der Waals surface area contributed by atoms with Gasteiger partial charge in [-0.15, -0.1) is 11.6 Å². The van der Waals surface area contributed by atoms with E-state index in [1.807, 2.05) is 6.07 Å². The molecule has 0 saturated carbocycles. The van der Waals surface area contributed by atoms with Crippen LogP contribution < -0.4 is 5.73 Å². The zero-order valence-electron chi connectivity index (χ0n) is 11.9. The molecule has 0 amide bonds. The average Bonchev–Trinajstić information content (AvgIpc) is 2.54. The number of aromatic nitrogens is 1. The van der Waals surface area contributed by atoms with Crippen LogP contribution in [0.1, 0.15) is 18.4 Å². The molecule has 2 heterocycles. The van der Waals surface area contributed by atoms with E-state index in [2.05, 4.69) is 4.98 Å². The smallest absolute Gasteiger partial charge is 0.338 e. The Hall–Kier alpha value is -2.52. The lowest BCUT2D eigenvalue weighted by Crippen LogP contribution is -2.26. The third-order valence-corrected chi connectivity index (χ3v) is 3.40. The van der Waals surface area contributed by atoms with E-state index < -0.39 is 11.9 Å². The number of carbonyl (C=O) groups excluding carboxylic acids is 1. The first-order valence-electron chi connectivity index (χ1n) is 6.57.